The summed E-state index contributed by atoms with van der Waals surface area (Å²) in [6.07, 6.45) is 1.62. The highest BCUT2D eigenvalue weighted by Gasteiger charge is 2.21. The smallest absolute Gasteiger partial charge is 0.336 e. The molecule has 0 saturated carbocycles. The lowest BCUT2D eigenvalue weighted by molar-refractivity contribution is 0.0693. The molecule has 0 amide bonds. The van der Waals surface area contributed by atoms with Crippen molar-refractivity contribution in [2.75, 3.05) is 14.1 Å². The van der Waals surface area contributed by atoms with E-state index in [2.05, 4.69) is 4.98 Å². The quantitative estimate of drug-likeness (QED) is 0.895. The predicted molar refractivity (Wildman–Crippen MR) is 80.5 cm³/mol. The fourth-order valence-corrected chi connectivity index (χ4v) is 4.10. The fraction of sp³-hybridized carbons (Fsp3) is 0.167. The third-order valence-corrected chi connectivity index (χ3v) is 6.34. The monoisotopic (exact) mass is 344 g/mol. The first-order chi connectivity index (χ1) is 9.82. The molecule has 112 valence electrons. The first kappa shape index (κ1) is 16.0. The second-order valence-corrected chi connectivity index (χ2v) is 8.49. The Balaban J connectivity index is 2.48. The van der Waals surface area contributed by atoms with Crippen molar-refractivity contribution in [1.82, 2.24) is 9.29 Å². The van der Waals surface area contributed by atoms with E-state index < -0.39 is 16.0 Å². The lowest BCUT2D eigenvalue weighted by Crippen LogP contribution is -2.22. The van der Waals surface area contributed by atoms with Crippen molar-refractivity contribution in [1.29, 1.82) is 0 Å². The highest BCUT2D eigenvalue weighted by Crippen LogP contribution is 2.33. The van der Waals surface area contributed by atoms with E-state index in [0.29, 0.717) is 9.24 Å². The first-order valence-corrected chi connectivity index (χ1v) is 8.83. The van der Waals surface area contributed by atoms with Crippen LogP contribution in [-0.2, 0) is 10.0 Å². The zero-order valence-corrected chi connectivity index (χ0v) is 13.6. The van der Waals surface area contributed by atoms with Gasteiger partial charge < -0.3 is 5.11 Å². The Morgan fingerprint density at radius 1 is 1.38 bits per heavy atom. The van der Waals surface area contributed by atoms with Crippen LogP contribution in [-0.4, -0.2) is 42.9 Å². The maximum absolute atomic E-state index is 12.1. The van der Waals surface area contributed by atoms with E-state index in [1.807, 2.05) is 0 Å². The standard InChI is InChI=1S/C12H12N2O4S3/c1-14(2)21(17,18)8-3-4-10(9(7-8)11(15)16)20-12-13-5-6-19-12/h3-7H,1-2H3,(H,15,16). The molecule has 2 aromatic rings. The molecule has 0 fully saturated rings. The topological polar surface area (TPSA) is 87.6 Å². The summed E-state index contributed by atoms with van der Waals surface area (Å²) >= 11 is 2.58. The SMILES string of the molecule is CN(C)S(=O)(=O)c1ccc(Sc2nccs2)c(C(=O)O)c1. The molecule has 21 heavy (non-hydrogen) atoms. The molecule has 0 atom stereocenters. The summed E-state index contributed by atoms with van der Waals surface area (Å²) in [4.78, 5) is 15.8. The van der Waals surface area contributed by atoms with Crippen LogP contribution in [0.5, 0.6) is 0 Å². The minimum Gasteiger partial charge on any atom is -0.478 e. The van der Waals surface area contributed by atoms with E-state index in [9.17, 15) is 18.3 Å². The molecule has 6 nitrogen and oxygen atoms in total. The largest absolute Gasteiger partial charge is 0.478 e. The first-order valence-electron chi connectivity index (χ1n) is 5.69. The number of sulfonamides is 1. The van der Waals surface area contributed by atoms with Crippen LogP contribution in [0.1, 0.15) is 10.4 Å². The van der Waals surface area contributed by atoms with Gasteiger partial charge in [0.1, 0.15) is 0 Å². The molecule has 0 aliphatic rings. The molecule has 0 unspecified atom stereocenters. The van der Waals surface area contributed by atoms with Gasteiger partial charge in [0.2, 0.25) is 10.0 Å². The van der Waals surface area contributed by atoms with E-state index in [-0.39, 0.29) is 10.5 Å². The number of thiazole rings is 1. The van der Waals surface area contributed by atoms with Gasteiger partial charge in [-0.05, 0) is 18.2 Å². The number of aromatic carboxylic acids is 1. The molecule has 1 aromatic heterocycles. The van der Waals surface area contributed by atoms with Gasteiger partial charge in [-0.25, -0.2) is 22.5 Å². The summed E-state index contributed by atoms with van der Waals surface area (Å²) in [5.74, 6) is -1.18. The van der Waals surface area contributed by atoms with Gasteiger partial charge in [-0.15, -0.1) is 11.3 Å². The number of rotatable bonds is 5. The van der Waals surface area contributed by atoms with E-state index in [0.717, 1.165) is 4.31 Å². The lowest BCUT2D eigenvalue weighted by Gasteiger charge is -2.13. The molecule has 0 bridgehead atoms. The van der Waals surface area contributed by atoms with Crippen LogP contribution in [0, 0.1) is 0 Å². The zero-order valence-electron chi connectivity index (χ0n) is 11.2. The highest BCUT2D eigenvalue weighted by molar-refractivity contribution is 8.01. The minimum atomic E-state index is -3.66. The number of carboxylic acid groups (broad SMARTS) is 1. The molecule has 0 radical (unpaired) electrons. The van der Waals surface area contributed by atoms with Gasteiger partial charge in [0.05, 0.1) is 10.5 Å². The summed E-state index contributed by atoms with van der Waals surface area (Å²) in [5, 5.41) is 11.1. The third kappa shape index (κ3) is 3.43. The van der Waals surface area contributed by atoms with Crippen molar-refractivity contribution < 1.29 is 18.3 Å². The number of carbonyl (C=O) groups is 1. The Labute approximate surface area is 130 Å². The predicted octanol–water partition coefficient (Wildman–Crippen LogP) is 2.24. The van der Waals surface area contributed by atoms with Crippen molar-refractivity contribution in [3.05, 3.63) is 35.3 Å². The van der Waals surface area contributed by atoms with Crippen LogP contribution in [0.25, 0.3) is 0 Å². The molecule has 9 heteroatoms. The lowest BCUT2D eigenvalue weighted by atomic mass is 10.2. The number of benzene rings is 1. The van der Waals surface area contributed by atoms with Gasteiger partial charge >= 0.3 is 5.97 Å². The summed E-state index contributed by atoms with van der Waals surface area (Å²) in [7, 11) is -0.870. The number of aromatic nitrogens is 1. The maximum Gasteiger partial charge on any atom is 0.336 e. The van der Waals surface area contributed by atoms with E-state index in [1.54, 1.807) is 11.6 Å². The van der Waals surface area contributed by atoms with Crippen molar-refractivity contribution in [2.24, 2.45) is 0 Å². The van der Waals surface area contributed by atoms with E-state index in [1.165, 1.54) is 55.4 Å². The van der Waals surface area contributed by atoms with E-state index >= 15 is 0 Å². The summed E-state index contributed by atoms with van der Waals surface area (Å²) in [6, 6.07) is 4.07. The van der Waals surface area contributed by atoms with Gasteiger partial charge in [0.25, 0.3) is 0 Å². The van der Waals surface area contributed by atoms with Gasteiger partial charge in [-0.3, -0.25) is 0 Å². The summed E-state index contributed by atoms with van der Waals surface area (Å²) in [5.41, 5.74) is -0.0573. The zero-order chi connectivity index (χ0) is 15.6. The fourth-order valence-electron chi connectivity index (χ4n) is 1.49. The summed E-state index contributed by atoms with van der Waals surface area (Å²) < 4.78 is 25.8. The Morgan fingerprint density at radius 2 is 2.10 bits per heavy atom. The van der Waals surface area contributed by atoms with Crippen LogP contribution in [0.2, 0.25) is 0 Å². The van der Waals surface area contributed by atoms with Crippen molar-refractivity contribution in [2.45, 2.75) is 14.1 Å². The van der Waals surface area contributed by atoms with Crippen LogP contribution in [0.3, 0.4) is 0 Å². The van der Waals surface area contributed by atoms with Crippen LogP contribution < -0.4 is 0 Å². The maximum atomic E-state index is 12.1. The molecule has 2 rings (SSSR count). The van der Waals surface area contributed by atoms with Crippen molar-refractivity contribution in [3.8, 4) is 0 Å². The molecule has 0 saturated heterocycles. The van der Waals surface area contributed by atoms with Gasteiger partial charge in [-0.1, -0.05) is 11.8 Å². The molecular weight excluding hydrogens is 332 g/mol. The number of nitrogens with zero attached hydrogens (tertiary/aromatic N) is 2. The average molecular weight is 344 g/mol. The molecule has 1 N–H and O–H groups in total. The van der Waals surface area contributed by atoms with Crippen LogP contribution in [0.4, 0.5) is 0 Å². The summed E-state index contributed by atoms with van der Waals surface area (Å²) in [6.45, 7) is 0. The van der Waals surface area contributed by atoms with Crippen molar-refractivity contribution in [3.63, 3.8) is 0 Å². The molecule has 1 aromatic carbocycles. The molecule has 0 aliphatic carbocycles. The van der Waals surface area contributed by atoms with Crippen molar-refractivity contribution >= 4 is 39.1 Å². The Bertz CT molecular complexity index is 755. The molecule has 1 heterocycles. The molecular formula is C12H12N2O4S3. The number of carboxylic acids is 1. The Kier molecular flexibility index (Phi) is 4.67. The normalized spacial score (nSPS) is 11.8. The molecule has 0 spiro atoms. The average Bonchev–Trinajstić information content (AvgIpc) is 2.91. The van der Waals surface area contributed by atoms with E-state index in [4.69, 9.17) is 0 Å². The number of hydrogen-bond acceptors (Lipinski definition) is 6. The van der Waals surface area contributed by atoms with Gasteiger partial charge in [0, 0.05) is 30.6 Å². The van der Waals surface area contributed by atoms with Crippen LogP contribution >= 0.6 is 23.1 Å². The minimum absolute atomic E-state index is 0.0478. The van der Waals surface area contributed by atoms with Gasteiger partial charge in [-0.2, -0.15) is 0 Å². The third-order valence-electron chi connectivity index (χ3n) is 2.57. The second kappa shape index (κ2) is 6.14. The number of hydrogen-bond donors (Lipinski definition) is 1. The highest BCUT2D eigenvalue weighted by atomic mass is 32.2. The molecule has 0 aliphatic heterocycles. The van der Waals surface area contributed by atoms with Crippen LogP contribution in [0.15, 0.2) is 43.9 Å². The second-order valence-electron chi connectivity index (χ2n) is 4.15. The Hall–Kier alpha value is -1.42. The Morgan fingerprint density at radius 3 is 2.62 bits per heavy atom. The van der Waals surface area contributed by atoms with Gasteiger partial charge in [0.15, 0.2) is 4.34 Å².